The third kappa shape index (κ3) is 2.88. The fourth-order valence-corrected chi connectivity index (χ4v) is 2.12. The smallest absolute Gasteiger partial charge is 0.323 e. The highest BCUT2D eigenvalue weighted by molar-refractivity contribution is 5.96. The monoisotopic (exact) mass is 280 g/mol. The molecule has 7 nitrogen and oxygen atoms in total. The van der Waals surface area contributed by atoms with Crippen LogP contribution in [0.2, 0.25) is 0 Å². The van der Waals surface area contributed by atoms with Crippen LogP contribution in [0.3, 0.4) is 0 Å². The molecule has 1 aromatic heterocycles. The van der Waals surface area contributed by atoms with Gasteiger partial charge >= 0.3 is 11.6 Å². The number of ether oxygens (including phenoxy) is 1. The summed E-state index contributed by atoms with van der Waals surface area (Å²) >= 11 is 0. The predicted molar refractivity (Wildman–Crippen MR) is 69.1 cm³/mol. The highest BCUT2D eigenvalue weighted by Gasteiger charge is 2.34. The van der Waals surface area contributed by atoms with Crippen LogP contribution in [0, 0.1) is 5.92 Å². The van der Waals surface area contributed by atoms with E-state index in [2.05, 4.69) is 5.32 Å². The first kappa shape index (κ1) is 14.3. The maximum absolute atomic E-state index is 12.1. The van der Waals surface area contributed by atoms with Crippen molar-refractivity contribution in [2.24, 2.45) is 11.7 Å². The van der Waals surface area contributed by atoms with E-state index in [-0.39, 0.29) is 17.7 Å². The second kappa shape index (κ2) is 5.46. The Labute approximate surface area is 116 Å². The summed E-state index contributed by atoms with van der Waals surface area (Å²) in [5.74, 6) is -0.738. The molecule has 20 heavy (non-hydrogen) atoms. The molecule has 1 fully saturated rings. The molecule has 108 valence electrons. The lowest BCUT2D eigenvalue weighted by molar-refractivity contribution is -0.905. The highest BCUT2D eigenvalue weighted by Crippen LogP contribution is 2.26. The van der Waals surface area contributed by atoms with Crippen molar-refractivity contribution in [3.8, 4) is 0 Å². The van der Waals surface area contributed by atoms with E-state index in [0.717, 1.165) is 0 Å². The van der Waals surface area contributed by atoms with E-state index < -0.39 is 12.0 Å². The van der Waals surface area contributed by atoms with Gasteiger partial charge in [-0.05, 0) is 19.3 Å². The normalized spacial score (nSPS) is 25.4. The van der Waals surface area contributed by atoms with Crippen LogP contribution in [0.15, 0.2) is 18.3 Å². The zero-order chi connectivity index (χ0) is 14.9. The summed E-state index contributed by atoms with van der Waals surface area (Å²) in [5, 5.41) is 12.1. The SMILES string of the molecule is CC1C[C@H](C(=O)Nc2cc[n+](O)c(C(N)=O)c2)OC1C. The Bertz CT molecular complexity index is 536. The zero-order valence-corrected chi connectivity index (χ0v) is 11.4. The Morgan fingerprint density at radius 2 is 2.20 bits per heavy atom. The summed E-state index contributed by atoms with van der Waals surface area (Å²) in [4.78, 5) is 23.2. The Balaban J connectivity index is 2.09. The quantitative estimate of drug-likeness (QED) is 0.538. The number of rotatable bonds is 3. The molecule has 1 aliphatic heterocycles. The van der Waals surface area contributed by atoms with Crippen molar-refractivity contribution in [2.45, 2.75) is 32.5 Å². The van der Waals surface area contributed by atoms with Gasteiger partial charge in [0.2, 0.25) is 6.20 Å². The molecule has 2 unspecified atom stereocenters. The van der Waals surface area contributed by atoms with Gasteiger partial charge in [0.15, 0.2) is 0 Å². The first-order valence-corrected chi connectivity index (χ1v) is 6.39. The van der Waals surface area contributed by atoms with Gasteiger partial charge in [0.25, 0.3) is 5.91 Å². The molecule has 0 bridgehead atoms. The summed E-state index contributed by atoms with van der Waals surface area (Å²) in [6, 6.07) is 2.77. The maximum atomic E-state index is 12.1. The number of amides is 2. The van der Waals surface area contributed by atoms with Gasteiger partial charge < -0.3 is 15.8 Å². The zero-order valence-electron chi connectivity index (χ0n) is 11.4. The van der Waals surface area contributed by atoms with E-state index in [1.165, 1.54) is 18.3 Å². The number of nitrogens with one attached hydrogen (secondary N) is 1. The van der Waals surface area contributed by atoms with Crippen LogP contribution in [0.4, 0.5) is 5.69 Å². The molecule has 3 atom stereocenters. The molecule has 0 spiro atoms. The topological polar surface area (TPSA) is 106 Å². The molecule has 4 N–H and O–H groups in total. The number of nitrogens with two attached hydrogens (primary N) is 1. The van der Waals surface area contributed by atoms with E-state index in [9.17, 15) is 14.8 Å². The van der Waals surface area contributed by atoms with E-state index in [4.69, 9.17) is 10.5 Å². The van der Waals surface area contributed by atoms with E-state index in [0.29, 0.717) is 22.8 Å². The fourth-order valence-electron chi connectivity index (χ4n) is 2.12. The molecule has 0 radical (unpaired) electrons. The predicted octanol–water partition coefficient (Wildman–Crippen LogP) is 0.0623. The first-order chi connectivity index (χ1) is 9.38. The van der Waals surface area contributed by atoms with Crippen molar-refractivity contribution in [1.82, 2.24) is 0 Å². The van der Waals surface area contributed by atoms with Gasteiger partial charge in [0, 0.05) is 16.9 Å². The molecule has 1 aromatic rings. The number of pyridine rings is 1. The lowest BCUT2D eigenvalue weighted by Gasteiger charge is -2.11. The molecule has 2 heterocycles. The first-order valence-electron chi connectivity index (χ1n) is 6.39. The van der Waals surface area contributed by atoms with E-state index >= 15 is 0 Å². The lowest BCUT2D eigenvalue weighted by atomic mass is 10.0. The average Bonchev–Trinajstić information content (AvgIpc) is 2.72. The van der Waals surface area contributed by atoms with Crippen molar-refractivity contribution in [3.05, 3.63) is 24.0 Å². The standard InChI is InChI=1S/C13H17N3O4/c1-7-5-11(20-8(7)2)13(18)15-9-3-4-16(19)10(6-9)12(14)17/h3-4,6-8,11,19H,5H2,1-2H3,(H2,14,17)/p+1/t7?,8?,11-/m1/s1. The minimum Gasteiger partial charge on any atom is -0.365 e. The molecule has 0 aromatic carbocycles. The summed E-state index contributed by atoms with van der Waals surface area (Å²) in [5.41, 5.74) is 5.38. The van der Waals surface area contributed by atoms with Gasteiger partial charge in [-0.3, -0.25) is 14.8 Å². The second-order valence-electron chi connectivity index (χ2n) is 5.04. The van der Waals surface area contributed by atoms with Crippen LogP contribution in [0.5, 0.6) is 0 Å². The number of carbonyl (C=O) groups is 2. The van der Waals surface area contributed by atoms with Crippen molar-refractivity contribution < 1.29 is 24.3 Å². The number of anilines is 1. The summed E-state index contributed by atoms with van der Waals surface area (Å²) in [7, 11) is 0. The molecule has 7 heteroatoms. The third-order valence-electron chi connectivity index (χ3n) is 3.51. The van der Waals surface area contributed by atoms with Gasteiger partial charge in [-0.1, -0.05) is 6.92 Å². The summed E-state index contributed by atoms with van der Waals surface area (Å²) in [6.45, 7) is 3.96. The number of primary amides is 1. The Morgan fingerprint density at radius 1 is 1.50 bits per heavy atom. The van der Waals surface area contributed by atoms with Gasteiger partial charge in [-0.15, -0.1) is 0 Å². The largest absolute Gasteiger partial charge is 0.365 e. The van der Waals surface area contributed by atoms with Crippen molar-refractivity contribution in [1.29, 1.82) is 0 Å². The van der Waals surface area contributed by atoms with Crippen molar-refractivity contribution in [2.75, 3.05) is 5.32 Å². The van der Waals surface area contributed by atoms with Gasteiger partial charge in [-0.25, -0.2) is 0 Å². The van der Waals surface area contributed by atoms with Crippen LogP contribution in [0.25, 0.3) is 0 Å². The van der Waals surface area contributed by atoms with Gasteiger partial charge in [-0.2, -0.15) is 0 Å². The minimum absolute atomic E-state index is 0.0438. The Hall–Kier alpha value is -2.15. The minimum atomic E-state index is -0.789. The van der Waals surface area contributed by atoms with E-state index in [1.54, 1.807) is 0 Å². The van der Waals surface area contributed by atoms with Crippen LogP contribution >= 0.6 is 0 Å². The lowest BCUT2D eigenvalue weighted by Crippen LogP contribution is -2.40. The van der Waals surface area contributed by atoms with Crippen LogP contribution in [-0.2, 0) is 9.53 Å². The Morgan fingerprint density at radius 3 is 2.75 bits per heavy atom. The van der Waals surface area contributed by atoms with Gasteiger partial charge in [0.1, 0.15) is 6.10 Å². The molecular formula is C13H18N3O4+. The Kier molecular flexibility index (Phi) is 3.89. The molecule has 1 saturated heterocycles. The van der Waals surface area contributed by atoms with Crippen molar-refractivity contribution >= 4 is 17.5 Å². The maximum Gasteiger partial charge on any atom is 0.323 e. The molecule has 2 rings (SSSR count). The van der Waals surface area contributed by atoms with Crippen LogP contribution in [-0.4, -0.2) is 29.2 Å². The highest BCUT2D eigenvalue weighted by atomic mass is 16.5. The van der Waals surface area contributed by atoms with Crippen molar-refractivity contribution in [3.63, 3.8) is 0 Å². The van der Waals surface area contributed by atoms with Crippen LogP contribution < -0.4 is 15.8 Å². The number of aromatic nitrogens is 1. The number of hydrogen-bond donors (Lipinski definition) is 3. The van der Waals surface area contributed by atoms with Gasteiger partial charge in [0.05, 0.1) is 11.8 Å². The molecule has 0 saturated carbocycles. The summed E-state index contributed by atoms with van der Waals surface area (Å²) in [6.07, 6.45) is 1.43. The average molecular weight is 280 g/mol. The van der Waals surface area contributed by atoms with E-state index in [1.807, 2.05) is 13.8 Å². The van der Waals surface area contributed by atoms with Crippen LogP contribution in [0.1, 0.15) is 30.8 Å². The molecule has 2 amide bonds. The fraction of sp³-hybridized carbons (Fsp3) is 0.462. The number of hydrogen-bond acceptors (Lipinski definition) is 4. The third-order valence-corrected chi connectivity index (χ3v) is 3.51. The molecule has 0 aliphatic carbocycles. The second-order valence-corrected chi connectivity index (χ2v) is 5.04. The number of carbonyl (C=O) groups excluding carboxylic acids is 2. The number of nitrogens with zero attached hydrogens (tertiary/aromatic N) is 1. The summed E-state index contributed by atoms with van der Waals surface area (Å²) < 4.78 is 6.16. The molecule has 1 aliphatic rings. The molecular weight excluding hydrogens is 262 g/mol.